The molecule has 0 bridgehead atoms. The first-order valence-corrected chi connectivity index (χ1v) is 12.9. The predicted molar refractivity (Wildman–Crippen MR) is 117 cm³/mol. The van der Waals surface area contributed by atoms with Crippen LogP contribution in [-0.2, 0) is 9.84 Å². The lowest BCUT2D eigenvalue weighted by atomic mass is 10.2. The minimum absolute atomic E-state index is 0.0713. The average Bonchev–Trinajstić information content (AvgIpc) is 3.52. The van der Waals surface area contributed by atoms with E-state index in [9.17, 15) is 13.2 Å². The molecule has 0 radical (unpaired) electrons. The number of ether oxygens (including phenoxy) is 2. The molecule has 0 amide bonds. The Labute approximate surface area is 189 Å². The molecule has 1 fully saturated rings. The largest absolute Gasteiger partial charge is 0.454 e. The predicted octanol–water partition coefficient (Wildman–Crippen LogP) is 3.22. The Morgan fingerprint density at radius 1 is 1.19 bits per heavy atom. The van der Waals surface area contributed by atoms with Crippen molar-refractivity contribution in [2.75, 3.05) is 24.1 Å². The molecule has 0 unspecified atom stereocenters. The van der Waals surface area contributed by atoms with Crippen LogP contribution in [0.25, 0.3) is 11.5 Å². The van der Waals surface area contributed by atoms with E-state index in [4.69, 9.17) is 13.9 Å². The third-order valence-electron chi connectivity index (χ3n) is 5.71. The van der Waals surface area contributed by atoms with Crippen LogP contribution < -0.4 is 9.47 Å². The van der Waals surface area contributed by atoms with E-state index in [0.717, 1.165) is 11.4 Å². The van der Waals surface area contributed by atoms with Crippen molar-refractivity contribution in [3.63, 3.8) is 0 Å². The number of carbonyl (C=O) groups excluding carboxylic acids is 1. The highest BCUT2D eigenvalue weighted by molar-refractivity contribution is 7.99. The van der Waals surface area contributed by atoms with Crippen LogP contribution in [0.4, 0.5) is 0 Å². The molecule has 2 aliphatic heterocycles. The van der Waals surface area contributed by atoms with Crippen LogP contribution in [0, 0.1) is 13.8 Å². The van der Waals surface area contributed by atoms with Crippen LogP contribution in [0.2, 0.25) is 0 Å². The molecule has 1 aromatic carbocycles. The standard InChI is InChI=1S/C21H21N3O6S2/c1-12-7-16(13(2)24(12)15-5-6-32(26,27)10-15)17(25)9-31-21-23-22-20(30-21)14-3-4-18-19(8-14)29-11-28-18/h3-4,7-8,15H,5-6,9-11H2,1-2H3/t15-/m0/s1. The average molecular weight is 476 g/mol. The fraction of sp³-hybridized carbons (Fsp3) is 0.381. The number of aryl methyl sites for hydroxylation is 1. The van der Waals surface area contributed by atoms with Gasteiger partial charge < -0.3 is 18.5 Å². The Morgan fingerprint density at radius 3 is 2.78 bits per heavy atom. The van der Waals surface area contributed by atoms with Crippen molar-refractivity contribution >= 4 is 27.4 Å². The first-order chi connectivity index (χ1) is 15.3. The molecule has 0 aliphatic carbocycles. The number of hydrogen-bond acceptors (Lipinski definition) is 9. The topological polar surface area (TPSA) is 114 Å². The Balaban J connectivity index is 1.27. The van der Waals surface area contributed by atoms with Crippen LogP contribution in [-0.4, -0.2) is 53.0 Å². The van der Waals surface area contributed by atoms with Gasteiger partial charge in [-0.25, -0.2) is 8.42 Å². The smallest absolute Gasteiger partial charge is 0.277 e. The van der Waals surface area contributed by atoms with Crippen molar-refractivity contribution < 1.29 is 27.1 Å². The highest BCUT2D eigenvalue weighted by Gasteiger charge is 2.31. The number of rotatable bonds is 6. The van der Waals surface area contributed by atoms with E-state index < -0.39 is 9.84 Å². The summed E-state index contributed by atoms with van der Waals surface area (Å²) in [5.41, 5.74) is 2.98. The summed E-state index contributed by atoms with van der Waals surface area (Å²) in [4.78, 5) is 12.9. The summed E-state index contributed by atoms with van der Waals surface area (Å²) in [6.07, 6.45) is 0.575. The maximum Gasteiger partial charge on any atom is 0.277 e. The summed E-state index contributed by atoms with van der Waals surface area (Å²) < 4.78 is 42.1. The van der Waals surface area contributed by atoms with Gasteiger partial charge in [0.25, 0.3) is 5.22 Å². The quantitative estimate of drug-likeness (QED) is 0.391. The summed E-state index contributed by atoms with van der Waals surface area (Å²) in [7, 11) is -3.01. The molecule has 9 nitrogen and oxygen atoms in total. The molecule has 1 saturated heterocycles. The molecule has 0 N–H and O–H groups in total. The van der Waals surface area contributed by atoms with Gasteiger partial charge in [0.05, 0.1) is 17.3 Å². The van der Waals surface area contributed by atoms with Crippen LogP contribution in [0.1, 0.15) is 34.2 Å². The van der Waals surface area contributed by atoms with Gasteiger partial charge in [0.1, 0.15) is 0 Å². The van der Waals surface area contributed by atoms with Crippen molar-refractivity contribution in [3.05, 3.63) is 41.2 Å². The third-order valence-corrected chi connectivity index (χ3v) is 8.28. The zero-order valence-corrected chi connectivity index (χ0v) is 19.2. The Morgan fingerprint density at radius 2 is 2.00 bits per heavy atom. The third kappa shape index (κ3) is 3.90. The number of sulfone groups is 1. The van der Waals surface area contributed by atoms with Crippen molar-refractivity contribution in [1.29, 1.82) is 0 Å². The van der Waals surface area contributed by atoms with Gasteiger partial charge in [-0.1, -0.05) is 11.8 Å². The minimum Gasteiger partial charge on any atom is -0.454 e. The van der Waals surface area contributed by atoms with Gasteiger partial charge in [0.2, 0.25) is 12.7 Å². The van der Waals surface area contributed by atoms with Gasteiger partial charge in [-0.15, -0.1) is 10.2 Å². The number of benzene rings is 1. The van der Waals surface area contributed by atoms with Crippen LogP contribution in [0.5, 0.6) is 11.5 Å². The van der Waals surface area contributed by atoms with E-state index in [-0.39, 0.29) is 35.9 Å². The number of hydrogen-bond donors (Lipinski definition) is 0. The van der Waals surface area contributed by atoms with Gasteiger partial charge in [0.15, 0.2) is 27.1 Å². The fourth-order valence-corrected chi connectivity index (χ4v) is 6.57. The van der Waals surface area contributed by atoms with Crippen molar-refractivity contribution in [3.8, 4) is 23.0 Å². The van der Waals surface area contributed by atoms with E-state index in [0.29, 0.717) is 40.2 Å². The van der Waals surface area contributed by atoms with Gasteiger partial charge in [0, 0.05) is 28.6 Å². The van der Waals surface area contributed by atoms with E-state index >= 15 is 0 Å². The molecule has 5 rings (SSSR count). The van der Waals surface area contributed by atoms with Crippen LogP contribution >= 0.6 is 11.8 Å². The molecule has 11 heteroatoms. The monoisotopic (exact) mass is 475 g/mol. The summed E-state index contributed by atoms with van der Waals surface area (Å²) in [5.74, 6) is 2.00. The minimum atomic E-state index is -3.01. The second-order valence-electron chi connectivity index (χ2n) is 7.86. The van der Waals surface area contributed by atoms with Crippen molar-refractivity contribution in [1.82, 2.24) is 14.8 Å². The lowest BCUT2D eigenvalue weighted by molar-refractivity contribution is 0.102. The molecule has 4 heterocycles. The highest BCUT2D eigenvalue weighted by atomic mass is 32.2. The zero-order chi connectivity index (χ0) is 22.5. The maximum atomic E-state index is 12.9. The van der Waals surface area contributed by atoms with E-state index in [1.54, 1.807) is 18.2 Å². The lowest BCUT2D eigenvalue weighted by Gasteiger charge is -2.16. The second-order valence-corrected chi connectivity index (χ2v) is 11.0. The molecule has 32 heavy (non-hydrogen) atoms. The summed E-state index contributed by atoms with van der Waals surface area (Å²) >= 11 is 1.17. The molecule has 168 valence electrons. The number of thioether (sulfide) groups is 1. The SMILES string of the molecule is Cc1cc(C(=O)CSc2nnc(-c3ccc4c(c3)OCO4)o2)c(C)n1[C@H]1CCS(=O)(=O)C1. The maximum absolute atomic E-state index is 12.9. The van der Waals surface area contributed by atoms with Crippen LogP contribution in [0.3, 0.4) is 0 Å². The number of ketones is 1. The number of carbonyl (C=O) groups is 1. The number of fused-ring (bicyclic) bond motifs is 1. The molecule has 1 atom stereocenters. The van der Waals surface area contributed by atoms with E-state index in [1.807, 2.05) is 24.5 Å². The summed E-state index contributed by atoms with van der Waals surface area (Å²) in [5, 5.41) is 8.38. The molecular formula is C21H21N3O6S2. The Kier molecular flexibility index (Phi) is 5.25. The zero-order valence-electron chi connectivity index (χ0n) is 17.5. The van der Waals surface area contributed by atoms with Gasteiger partial charge in [-0.2, -0.15) is 0 Å². The van der Waals surface area contributed by atoms with Crippen molar-refractivity contribution in [2.24, 2.45) is 0 Å². The number of Topliss-reactive ketones (excluding diaryl/α,β-unsaturated/α-hetero) is 1. The molecule has 0 saturated carbocycles. The molecule has 0 spiro atoms. The van der Waals surface area contributed by atoms with Crippen molar-refractivity contribution in [2.45, 2.75) is 31.5 Å². The van der Waals surface area contributed by atoms with Crippen LogP contribution in [0.15, 0.2) is 33.9 Å². The number of aromatic nitrogens is 3. The molecule has 2 aliphatic rings. The summed E-state index contributed by atoms with van der Waals surface area (Å²) in [6, 6.07) is 7.07. The summed E-state index contributed by atoms with van der Waals surface area (Å²) in [6.45, 7) is 3.95. The van der Waals surface area contributed by atoms with E-state index in [1.165, 1.54) is 11.8 Å². The molecular weight excluding hydrogens is 454 g/mol. The molecule has 2 aromatic heterocycles. The Bertz CT molecular complexity index is 1310. The van der Waals surface area contributed by atoms with Gasteiger partial charge in [-0.05, 0) is 44.5 Å². The second kappa shape index (κ2) is 7.96. The van der Waals surface area contributed by atoms with Gasteiger partial charge in [-0.3, -0.25) is 4.79 Å². The first-order valence-electron chi connectivity index (χ1n) is 10.1. The van der Waals surface area contributed by atoms with Gasteiger partial charge >= 0.3 is 0 Å². The highest BCUT2D eigenvalue weighted by Crippen LogP contribution is 2.36. The lowest BCUT2D eigenvalue weighted by Crippen LogP contribution is -2.14. The Hall–Kier alpha value is -2.79. The van der Waals surface area contributed by atoms with E-state index in [2.05, 4.69) is 10.2 Å². The normalized spacial score (nSPS) is 18.9. The number of nitrogens with zero attached hydrogens (tertiary/aromatic N) is 3. The fourth-order valence-electron chi connectivity index (χ4n) is 4.22. The molecule has 3 aromatic rings. The first kappa shape index (κ1) is 21.1.